The smallest absolute Gasteiger partial charge is 0.140 e. The number of ether oxygens (including phenoxy) is 1. The zero-order valence-corrected chi connectivity index (χ0v) is 12.5. The number of aliphatic hydroxyl groups excluding tert-OH is 1. The van der Waals surface area contributed by atoms with E-state index in [0.717, 1.165) is 27.6 Å². The van der Waals surface area contributed by atoms with Gasteiger partial charge in [-0.1, -0.05) is 11.6 Å². The first-order chi connectivity index (χ1) is 8.97. The highest BCUT2D eigenvalue weighted by molar-refractivity contribution is 7.11. The first kappa shape index (κ1) is 14.0. The summed E-state index contributed by atoms with van der Waals surface area (Å²) in [4.78, 5) is 5.67. The Kier molecular flexibility index (Phi) is 4.22. The van der Waals surface area contributed by atoms with Gasteiger partial charge in [-0.3, -0.25) is 0 Å². The van der Waals surface area contributed by atoms with Crippen molar-refractivity contribution in [1.29, 1.82) is 0 Å². The Balaban J connectivity index is 2.15. The number of aryl methyl sites for hydroxylation is 3. The Morgan fingerprint density at radius 1 is 1.32 bits per heavy atom. The largest absolute Gasteiger partial charge is 0.486 e. The van der Waals surface area contributed by atoms with E-state index in [1.165, 1.54) is 4.88 Å². The van der Waals surface area contributed by atoms with E-state index in [4.69, 9.17) is 4.74 Å². The lowest BCUT2D eigenvalue weighted by molar-refractivity contribution is 0.190. The molecule has 0 fully saturated rings. The van der Waals surface area contributed by atoms with Gasteiger partial charge in [-0.2, -0.15) is 0 Å². The average Bonchev–Trinajstić information content (AvgIpc) is 2.67. The van der Waals surface area contributed by atoms with Crippen LogP contribution in [0, 0.1) is 20.8 Å². The quantitative estimate of drug-likeness (QED) is 0.926. The van der Waals surface area contributed by atoms with Crippen LogP contribution >= 0.6 is 11.3 Å². The Hall–Kier alpha value is -1.39. The summed E-state index contributed by atoms with van der Waals surface area (Å²) in [6, 6.07) is 5.85. The zero-order chi connectivity index (χ0) is 14.0. The molecule has 2 aromatic rings. The Labute approximate surface area is 117 Å². The second-order valence-corrected chi connectivity index (χ2v) is 6.04. The average molecular weight is 277 g/mol. The summed E-state index contributed by atoms with van der Waals surface area (Å²) < 4.78 is 5.80. The van der Waals surface area contributed by atoms with E-state index >= 15 is 0 Å². The van der Waals surface area contributed by atoms with Gasteiger partial charge >= 0.3 is 0 Å². The van der Waals surface area contributed by atoms with Gasteiger partial charge in [0.25, 0.3) is 0 Å². The van der Waals surface area contributed by atoms with Gasteiger partial charge in [0.05, 0.1) is 11.8 Å². The SMILES string of the molecule is Cc1ccc(OCc2nc(C)c(C)s2)c([C@@H](C)O)c1. The Morgan fingerprint density at radius 2 is 2.05 bits per heavy atom. The minimum Gasteiger partial charge on any atom is -0.486 e. The first-order valence-corrected chi connectivity index (χ1v) is 7.13. The molecule has 0 saturated heterocycles. The molecule has 0 unspecified atom stereocenters. The van der Waals surface area contributed by atoms with Gasteiger partial charge in [-0.25, -0.2) is 4.98 Å². The normalized spacial score (nSPS) is 12.5. The maximum Gasteiger partial charge on any atom is 0.140 e. The highest BCUT2D eigenvalue weighted by Crippen LogP contribution is 2.27. The maximum atomic E-state index is 9.78. The summed E-state index contributed by atoms with van der Waals surface area (Å²) in [5.74, 6) is 0.728. The van der Waals surface area contributed by atoms with Gasteiger partial charge < -0.3 is 9.84 Å². The molecule has 0 aliphatic carbocycles. The van der Waals surface area contributed by atoms with Crippen molar-refractivity contribution in [3.05, 3.63) is 44.9 Å². The minimum atomic E-state index is -0.533. The van der Waals surface area contributed by atoms with Crippen molar-refractivity contribution < 1.29 is 9.84 Å². The van der Waals surface area contributed by atoms with E-state index in [1.54, 1.807) is 18.3 Å². The van der Waals surface area contributed by atoms with Crippen LogP contribution in [0.2, 0.25) is 0 Å². The van der Waals surface area contributed by atoms with Crippen molar-refractivity contribution in [2.75, 3.05) is 0 Å². The molecule has 0 aliphatic rings. The fraction of sp³-hybridized carbons (Fsp3) is 0.400. The molecule has 3 nitrogen and oxygen atoms in total. The molecule has 0 amide bonds. The zero-order valence-electron chi connectivity index (χ0n) is 11.7. The molecule has 102 valence electrons. The molecule has 0 saturated carbocycles. The summed E-state index contributed by atoms with van der Waals surface area (Å²) in [6.07, 6.45) is -0.533. The number of aliphatic hydroxyl groups is 1. The number of benzene rings is 1. The predicted molar refractivity (Wildman–Crippen MR) is 77.7 cm³/mol. The van der Waals surface area contributed by atoms with Crippen molar-refractivity contribution in [2.45, 2.75) is 40.4 Å². The number of rotatable bonds is 4. The Morgan fingerprint density at radius 3 is 2.63 bits per heavy atom. The maximum absolute atomic E-state index is 9.78. The summed E-state index contributed by atoms with van der Waals surface area (Å²) in [5.41, 5.74) is 3.00. The van der Waals surface area contributed by atoms with Crippen LogP contribution in [0.25, 0.3) is 0 Å². The van der Waals surface area contributed by atoms with Crippen LogP contribution in [0.3, 0.4) is 0 Å². The molecule has 0 spiro atoms. The summed E-state index contributed by atoms with van der Waals surface area (Å²) >= 11 is 1.65. The third-order valence-corrected chi connectivity index (χ3v) is 4.09. The van der Waals surface area contributed by atoms with Crippen molar-refractivity contribution in [1.82, 2.24) is 4.98 Å². The molecule has 1 heterocycles. The van der Waals surface area contributed by atoms with E-state index in [2.05, 4.69) is 11.9 Å². The van der Waals surface area contributed by atoms with E-state index in [9.17, 15) is 5.11 Å². The molecule has 4 heteroatoms. The van der Waals surface area contributed by atoms with Crippen LogP contribution in [0.4, 0.5) is 0 Å². The van der Waals surface area contributed by atoms with Crippen LogP contribution in [-0.2, 0) is 6.61 Å². The van der Waals surface area contributed by atoms with Gasteiger partial charge in [0.15, 0.2) is 0 Å². The van der Waals surface area contributed by atoms with Crippen molar-refractivity contribution in [2.24, 2.45) is 0 Å². The van der Waals surface area contributed by atoms with Crippen LogP contribution in [0.5, 0.6) is 5.75 Å². The molecular formula is C15H19NO2S. The highest BCUT2D eigenvalue weighted by atomic mass is 32.1. The Bertz CT molecular complexity index is 556. The lowest BCUT2D eigenvalue weighted by Crippen LogP contribution is -2.01. The summed E-state index contributed by atoms with van der Waals surface area (Å²) in [5, 5.41) is 10.7. The lowest BCUT2D eigenvalue weighted by Gasteiger charge is -2.13. The standard InChI is InChI=1S/C15H19NO2S/c1-9-5-6-14(13(7-9)11(3)17)18-8-15-16-10(2)12(4)19-15/h5-7,11,17H,8H2,1-4H3/t11-/m1/s1. The van der Waals surface area contributed by atoms with Crippen LogP contribution in [0.1, 0.15) is 39.7 Å². The molecule has 1 atom stereocenters. The van der Waals surface area contributed by atoms with Crippen molar-refractivity contribution in [3.8, 4) is 5.75 Å². The minimum absolute atomic E-state index is 0.447. The third kappa shape index (κ3) is 3.33. The highest BCUT2D eigenvalue weighted by Gasteiger charge is 2.11. The van der Waals surface area contributed by atoms with E-state index < -0.39 is 6.10 Å². The van der Waals surface area contributed by atoms with Gasteiger partial charge in [-0.15, -0.1) is 11.3 Å². The number of hydrogen-bond donors (Lipinski definition) is 1. The predicted octanol–water partition coefficient (Wildman–Crippen LogP) is 3.70. The summed E-state index contributed by atoms with van der Waals surface area (Å²) in [6.45, 7) is 8.26. The van der Waals surface area contributed by atoms with E-state index in [1.807, 2.05) is 32.0 Å². The first-order valence-electron chi connectivity index (χ1n) is 6.31. The number of thiazole rings is 1. The lowest BCUT2D eigenvalue weighted by atomic mass is 10.1. The molecular weight excluding hydrogens is 258 g/mol. The molecule has 0 aliphatic heterocycles. The molecule has 19 heavy (non-hydrogen) atoms. The van der Waals surface area contributed by atoms with Crippen LogP contribution in [0.15, 0.2) is 18.2 Å². The summed E-state index contributed by atoms with van der Waals surface area (Å²) in [7, 11) is 0. The van der Waals surface area contributed by atoms with Gasteiger partial charge in [0.1, 0.15) is 17.4 Å². The fourth-order valence-corrected chi connectivity index (χ4v) is 2.71. The second kappa shape index (κ2) is 5.72. The fourth-order valence-electron chi connectivity index (χ4n) is 1.87. The second-order valence-electron chi connectivity index (χ2n) is 4.76. The third-order valence-electron chi connectivity index (χ3n) is 3.04. The van der Waals surface area contributed by atoms with Crippen LogP contribution < -0.4 is 4.74 Å². The molecule has 1 aromatic heterocycles. The molecule has 1 N–H and O–H groups in total. The van der Waals surface area contributed by atoms with Crippen molar-refractivity contribution in [3.63, 3.8) is 0 Å². The monoisotopic (exact) mass is 277 g/mol. The van der Waals surface area contributed by atoms with Gasteiger partial charge in [0, 0.05) is 10.4 Å². The van der Waals surface area contributed by atoms with Crippen molar-refractivity contribution >= 4 is 11.3 Å². The molecule has 2 rings (SSSR count). The van der Waals surface area contributed by atoms with Gasteiger partial charge in [-0.05, 0) is 39.8 Å². The van der Waals surface area contributed by atoms with Crippen LogP contribution in [-0.4, -0.2) is 10.1 Å². The molecule has 0 bridgehead atoms. The van der Waals surface area contributed by atoms with E-state index in [0.29, 0.717) is 6.61 Å². The number of hydrogen-bond acceptors (Lipinski definition) is 4. The number of nitrogens with zero attached hydrogens (tertiary/aromatic N) is 1. The molecule has 0 radical (unpaired) electrons. The van der Waals surface area contributed by atoms with Gasteiger partial charge in [0.2, 0.25) is 0 Å². The topological polar surface area (TPSA) is 42.4 Å². The molecule has 1 aromatic carbocycles. The van der Waals surface area contributed by atoms with E-state index in [-0.39, 0.29) is 0 Å². The number of aromatic nitrogens is 1.